The Balaban J connectivity index is 2.65. The molecule has 4 heteroatoms. The zero-order valence-corrected chi connectivity index (χ0v) is 9.03. The van der Waals surface area contributed by atoms with Crippen molar-refractivity contribution >= 4 is 11.6 Å². The van der Waals surface area contributed by atoms with Gasteiger partial charge >= 0.3 is 0 Å². The van der Waals surface area contributed by atoms with E-state index in [1.165, 1.54) is 0 Å². The van der Waals surface area contributed by atoms with Gasteiger partial charge in [-0.3, -0.25) is 4.79 Å². The third-order valence-corrected chi connectivity index (χ3v) is 2.22. The Morgan fingerprint density at radius 2 is 2.00 bits per heavy atom. The van der Waals surface area contributed by atoms with Gasteiger partial charge in [-0.1, -0.05) is 12.1 Å². The van der Waals surface area contributed by atoms with Gasteiger partial charge in [-0.05, 0) is 17.7 Å². The van der Waals surface area contributed by atoms with Crippen molar-refractivity contribution in [1.29, 1.82) is 0 Å². The van der Waals surface area contributed by atoms with Gasteiger partial charge in [0.2, 0.25) is 5.91 Å². The van der Waals surface area contributed by atoms with Crippen molar-refractivity contribution in [2.24, 2.45) is 0 Å². The first-order chi connectivity index (χ1) is 7.17. The molecule has 0 heterocycles. The normalized spacial score (nSPS) is 9.80. The van der Waals surface area contributed by atoms with Crippen molar-refractivity contribution in [3.63, 3.8) is 0 Å². The zero-order valence-electron chi connectivity index (χ0n) is 9.03. The highest BCUT2D eigenvalue weighted by atomic mass is 16.3. The zero-order chi connectivity index (χ0) is 11.3. The summed E-state index contributed by atoms with van der Waals surface area (Å²) in [6, 6.07) is 7.45. The van der Waals surface area contributed by atoms with Gasteiger partial charge in [-0.25, -0.2) is 0 Å². The Bertz CT molecular complexity index is 322. The van der Waals surface area contributed by atoms with Gasteiger partial charge < -0.3 is 15.3 Å². The molecule has 0 aliphatic rings. The number of aliphatic hydroxyl groups excluding tert-OH is 1. The molecule has 0 aliphatic heterocycles. The number of nitrogens with one attached hydrogen (secondary N) is 1. The molecule has 0 aliphatic carbocycles. The van der Waals surface area contributed by atoms with Gasteiger partial charge in [0, 0.05) is 19.8 Å². The number of amides is 1. The summed E-state index contributed by atoms with van der Waals surface area (Å²) in [6.07, 6.45) is 0. The molecule has 4 nitrogen and oxygen atoms in total. The van der Waals surface area contributed by atoms with E-state index in [1.807, 2.05) is 36.2 Å². The van der Waals surface area contributed by atoms with Gasteiger partial charge in [0.25, 0.3) is 0 Å². The number of nitrogens with zero attached hydrogens (tertiary/aromatic N) is 1. The van der Waals surface area contributed by atoms with E-state index >= 15 is 0 Å². The van der Waals surface area contributed by atoms with Crippen LogP contribution in [0.25, 0.3) is 0 Å². The van der Waals surface area contributed by atoms with Crippen molar-refractivity contribution < 1.29 is 9.90 Å². The van der Waals surface area contributed by atoms with E-state index in [0.29, 0.717) is 6.54 Å². The minimum Gasteiger partial charge on any atom is -0.392 e. The molecule has 0 saturated carbocycles. The van der Waals surface area contributed by atoms with Crippen molar-refractivity contribution in [2.45, 2.75) is 6.61 Å². The fraction of sp³-hybridized carbons (Fsp3) is 0.364. The Hall–Kier alpha value is -1.55. The van der Waals surface area contributed by atoms with Crippen LogP contribution >= 0.6 is 0 Å². The van der Waals surface area contributed by atoms with E-state index in [4.69, 9.17) is 5.11 Å². The van der Waals surface area contributed by atoms with Gasteiger partial charge in [0.1, 0.15) is 0 Å². The maximum Gasteiger partial charge on any atom is 0.239 e. The van der Waals surface area contributed by atoms with E-state index in [1.54, 1.807) is 7.05 Å². The summed E-state index contributed by atoms with van der Waals surface area (Å²) in [5.74, 6) is -0.0243. The lowest BCUT2D eigenvalue weighted by atomic mass is 10.2. The Labute approximate surface area is 89.5 Å². The van der Waals surface area contributed by atoms with E-state index < -0.39 is 0 Å². The molecule has 82 valence electrons. The predicted molar refractivity (Wildman–Crippen MR) is 59.7 cm³/mol. The third kappa shape index (κ3) is 3.25. The molecule has 0 bridgehead atoms. The Morgan fingerprint density at radius 3 is 2.47 bits per heavy atom. The van der Waals surface area contributed by atoms with E-state index in [2.05, 4.69) is 5.32 Å². The summed E-state index contributed by atoms with van der Waals surface area (Å²) in [4.78, 5) is 13.0. The highest BCUT2D eigenvalue weighted by molar-refractivity contribution is 5.80. The lowest BCUT2D eigenvalue weighted by molar-refractivity contribution is -0.119. The van der Waals surface area contributed by atoms with Crippen LogP contribution in [0.5, 0.6) is 0 Å². The number of aliphatic hydroxyl groups is 1. The molecular formula is C11H16N2O2. The molecule has 0 fully saturated rings. The summed E-state index contributed by atoms with van der Waals surface area (Å²) in [5.41, 5.74) is 1.82. The van der Waals surface area contributed by atoms with Crippen molar-refractivity contribution in [1.82, 2.24) is 5.32 Å². The van der Waals surface area contributed by atoms with Crippen LogP contribution in [0.3, 0.4) is 0 Å². The number of likely N-dealkylation sites (N-methyl/N-ethyl adjacent to an activating group) is 2. The van der Waals surface area contributed by atoms with Crippen LogP contribution in [0.2, 0.25) is 0 Å². The molecule has 0 radical (unpaired) electrons. The van der Waals surface area contributed by atoms with Crippen molar-refractivity contribution in [3.8, 4) is 0 Å². The number of carbonyl (C=O) groups excluding carboxylic acids is 1. The predicted octanol–water partition coefficient (Wildman–Crippen LogP) is 0.361. The second kappa shape index (κ2) is 5.36. The van der Waals surface area contributed by atoms with Crippen LogP contribution in [0.1, 0.15) is 5.56 Å². The topological polar surface area (TPSA) is 52.6 Å². The first kappa shape index (κ1) is 11.5. The lowest BCUT2D eigenvalue weighted by Crippen LogP contribution is -2.32. The Kier molecular flexibility index (Phi) is 4.12. The molecule has 1 amide bonds. The average Bonchev–Trinajstić information content (AvgIpc) is 2.29. The monoisotopic (exact) mass is 208 g/mol. The molecule has 0 unspecified atom stereocenters. The van der Waals surface area contributed by atoms with Crippen LogP contribution in [-0.2, 0) is 11.4 Å². The molecule has 1 aromatic carbocycles. The summed E-state index contributed by atoms with van der Waals surface area (Å²) >= 11 is 0. The molecule has 0 aromatic heterocycles. The Morgan fingerprint density at radius 1 is 1.40 bits per heavy atom. The molecule has 1 rings (SSSR count). The van der Waals surface area contributed by atoms with Crippen LogP contribution in [0.15, 0.2) is 24.3 Å². The average molecular weight is 208 g/mol. The van der Waals surface area contributed by atoms with Crippen molar-refractivity contribution in [3.05, 3.63) is 29.8 Å². The maximum absolute atomic E-state index is 11.1. The van der Waals surface area contributed by atoms with Gasteiger partial charge in [-0.15, -0.1) is 0 Å². The molecule has 0 atom stereocenters. The minimum atomic E-state index is -0.0243. The van der Waals surface area contributed by atoms with Crippen molar-refractivity contribution in [2.75, 3.05) is 25.5 Å². The SMILES string of the molecule is CNC(=O)CN(C)c1ccc(CO)cc1. The quantitative estimate of drug-likeness (QED) is 0.751. The fourth-order valence-electron chi connectivity index (χ4n) is 1.24. The highest BCUT2D eigenvalue weighted by Gasteiger charge is 2.05. The highest BCUT2D eigenvalue weighted by Crippen LogP contribution is 2.13. The first-order valence-electron chi connectivity index (χ1n) is 4.79. The number of hydrogen-bond acceptors (Lipinski definition) is 3. The number of carbonyl (C=O) groups is 1. The molecule has 0 spiro atoms. The number of benzene rings is 1. The van der Waals surface area contributed by atoms with Crippen LogP contribution in [-0.4, -0.2) is 31.7 Å². The summed E-state index contributed by atoms with van der Waals surface area (Å²) in [6.45, 7) is 0.369. The second-order valence-electron chi connectivity index (χ2n) is 3.35. The van der Waals surface area contributed by atoms with E-state index in [-0.39, 0.29) is 12.5 Å². The largest absolute Gasteiger partial charge is 0.392 e. The van der Waals surface area contributed by atoms with Crippen LogP contribution < -0.4 is 10.2 Å². The van der Waals surface area contributed by atoms with Crippen LogP contribution in [0, 0.1) is 0 Å². The van der Waals surface area contributed by atoms with Gasteiger partial charge in [0.15, 0.2) is 0 Å². The number of hydrogen-bond donors (Lipinski definition) is 2. The standard InChI is InChI=1S/C11H16N2O2/c1-12-11(15)7-13(2)10-5-3-9(8-14)4-6-10/h3-6,14H,7-8H2,1-2H3,(H,12,15). The lowest BCUT2D eigenvalue weighted by Gasteiger charge is -2.18. The van der Waals surface area contributed by atoms with Crippen LogP contribution in [0.4, 0.5) is 5.69 Å². The third-order valence-electron chi connectivity index (χ3n) is 2.22. The first-order valence-corrected chi connectivity index (χ1v) is 4.79. The van der Waals surface area contributed by atoms with Gasteiger partial charge in [-0.2, -0.15) is 0 Å². The molecule has 15 heavy (non-hydrogen) atoms. The molecule has 2 N–H and O–H groups in total. The van der Waals surface area contributed by atoms with E-state index in [9.17, 15) is 4.79 Å². The summed E-state index contributed by atoms with van der Waals surface area (Å²) in [7, 11) is 3.47. The maximum atomic E-state index is 11.1. The minimum absolute atomic E-state index is 0.0243. The number of rotatable bonds is 4. The molecular weight excluding hydrogens is 192 g/mol. The smallest absolute Gasteiger partial charge is 0.239 e. The fourth-order valence-corrected chi connectivity index (χ4v) is 1.24. The second-order valence-corrected chi connectivity index (χ2v) is 3.35. The number of anilines is 1. The van der Waals surface area contributed by atoms with E-state index in [0.717, 1.165) is 11.3 Å². The van der Waals surface area contributed by atoms with Gasteiger partial charge in [0.05, 0.1) is 13.2 Å². The summed E-state index contributed by atoms with van der Waals surface area (Å²) < 4.78 is 0. The molecule has 0 saturated heterocycles. The molecule has 1 aromatic rings. The summed E-state index contributed by atoms with van der Waals surface area (Å²) in [5, 5.41) is 11.4.